The molecule has 0 aliphatic carbocycles. The number of aliphatic carboxylic acids is 1. The first kappa shape index (κ1) is 14.2. The molecule has 0 aromatic heterocycles. The molecule has 1 aromatic rings. The quantitative estimate of drug-likeness (QED) is 0.927. The first-order valence-electron chi connectivity index (χ1n) is 5.08. The number of rotatable bonds is 3. The van der Waals surface area contributed by atoms with Gasteiger partial charge >= 0.3 is 5.97 Å². The Morgan fingerprint density at radius 1 is 1.37 bits per heavy atom. The van der Waals surface area contributed by atoms with Gasteiger partial charge in [0.25, 0.3) is 5.24 Å². The number of thioether (sulfide) groups is 1. The second-order valence-corrected chi connectivity index (χ2v) is 5.50. The number of halogens is 2. The van der Waals surface area contributed by atoms with Gasteiger partial charge in [0.15, 0.2) is 6.04 Å². The van der Waals surface area contributed by atoms with Crippen molar-refractivity contribution >= 4 is 52.1 Å². The van der Waals surface area contributed by atoms with Gasteiger partial charge in [0.1, 0.15) is 0 Å². The molecule has 1 unspecified atom stereocenters. The van der Waals surface area contributed by atoms with E-state index in [0.29, 0.717) is 9.92 Å². The molecule has 1 aromatic carbocycles. The molecule has 19 heavy (non-hydrogen) atoms. The van der Waals surface area contributed by atoms with Crippen molar-refractivity contribution in [3.05, 3.63) is 33.8 Å². The summed E-state index contributed by atoms with van der Waals surface area (Å²) in [6, 6.07) is 2.79. The zero-order valence-corrected chi connectivity index (χ0v) is 11.6. The smallest absolute Gasteiger partial charge is 0.331 e. The van der Waals surface area contributed by atoms with Crippen LogP contribution in [0, 0.1) is 0 Å². The molecule has 0 bridgehead atoms. The summed E-state index contributed by atoms with van der Waals surface area (Å²) in [5.74, 6) is -1.93. The maximum absolute atomic E-state index is 11.6. The van der Waals surface area contributed by atoms with Crippen molar-refractivity contribution in [2.24, 2.45) is 0 Å². The molecule has 1 aliphatic rings. The third kappa shape index (κ3) is 2.70. The monoisotopic (exact) mass is 319 g/mol. The van der Waals surface area contributed by atoms with Crippen molar-refractivity contribution in [3.63, 3.8) is 0 Å². The number of amides is 2. The zero-order chi connectivity index (χ0) is 14.2. The van der Waals surface area contributed by atoms with E-state index in [1.807, 2.05) is 0 Å². The van der Waals surface area contributed by atoms with Crippen LogP contribution in [-0.4, -0.2) is 32.9 Å². The van der Waals surface area contributed by atoms with Crippen molar-refractivity contribution < 1.29 is 19.5 Å². The Kier molecular flexibility index (Phi) is 4.03. The van der Waals surface area contributed by atoms with E-state index in [2.05, 4.69) is 0 Å². The molecule has 0 radical (unpaired) electrons. The number of carbonyl (C=O) groups excluding carboxylic acids is 2. The number of benzene rings is 1. The number of nitrogens with zero attached hydrogens (tertiary/aromatic N) is 1. The second-order valence-electron chi connectivity index (χ2n) is 3.72. The Bertz CT molecular complexity index is 562. The fraction of sp³-hybridized carbons (Fsp3) is 0.182. The molecule has 1 heterocycles. The van der Waals surface area contributed by atoms with E-state index in [-0.39, 0.29) is 16.3 Å². The number of hydrogen-bond acceptors (Lipinski definition) is 4. The van der Waals surface area contributed by atoms with E-state index in [1.54, 1.807) is 0 Å². The summed E-state index contributed by atoms with van der Waals surface area (Å²) in [5.41, 5.74) is 0.155. The molecular formula is C11H7Cl2NO4S. The first-order valence-corrected chi connectivity index (χ1v) is 6.82. The van der Waals surface area contributed by atoms with E-state index in [9.17, 15) is 19.5 Å². The SMILES string of the molecule is O=C(O)C(c1ccc(Cl)cc1Cl)N1C(=O)CSC1=O. The van der Waals surface area contributed by atoms with Crippen molar-refractivity contribution in [2.45, 2.75) is 6.04 Å². The molecule has 100 valence electrons. The Morgan fingerprint density at radius 2 is 2.05 bits per heavy atom. The minimum Gasteiger partial charge on any atom is -0.479 e. The van der Waals surface area contributed by atoms with Crippen LogP contribution in [0.4, 0.5) is 4.79 Å². The molecule has 0 spiro atoms. The Hall–Kier alpha value is -1.24. The van der Waals surface area contributed by atoms with E-state index in [0.717, 1.165) is 11.8 Å². The number of imide groups is 1. The van der Waals surface area contributed by atoms with Crippen LogP contribution < -0.4 is 0 Å². The fourth-order valence-corrected chi connectivity index (χ4v) is 2.96. The molecule has 0 saturated carbocycles. The van der Waals surface area contributed by atoms with Gasteiger partial charge in [-0.15, -0.1) is 0 Å². The molecule has 8 heteroatoms. The van der Waals surface area contributed by atoms with Gasteiger partial charge in [0.05, 0.1) is 5.75 Å². The predicted octanol–water partition coefficient (Wildman–Crippen LogP) is 2.81. The van der Waals surface area contributed by atoms with Crippen molar-refractivity contribution in [1.82, 2.24) is 4.90 Å². The first-order chi connectivity index (χ1) is 8.91. The number of carboxylic acid groups (broad SMARTS) is 1. The standard InChI is InChI=1S/C11H7Cl2NO4S/c12-5-1-2-6(7(13)3-5)9(10(16)17)14-8(15)4-19-11(14)18/h1-3,9H,4H2,(H,16,17). The average molecular weight is 320 g/mol. The maximum atomic E-state index is 11.6. The Morgan fingerprint density at radius 3 is 2.53 bits per heavy atom. The highest BCUT2D eigenvalue weighted by Crippen LogP contribution is 2.34. The van der Waals surface area contributed by atoms with Crippen LogP contribution in [0.1, 0.15) is 11.6 Å². The summed E-state index contributed by atoms with van der Waals surface area (Å²) in [6.45, 7) is 0. The predicted molar refractivity (Wildman–Crippen MR) is 71.5 cm³/mol. The van der Waals surface area contributed by atoms with Gasteiger partial charge in [-0.3, -0.25) is 14.5 Å². The van der Waals surface area contributed by atoms with E-state index in [4.69, 9.17) is 23.2 Å². The average Bonchev–Trinajstić information content (AvgIpc) is 2.63. The number of hydrogen-bond donors (Lipinski definition) is 1. The molecule has 1 N–H and O–H groups in total. The minimum absolute atomic E-state index is 0.0617. The van der Waals surface area contributed by atoms with Crippen molar-refractivity contribution in [1.29, 1.82) is 0 Å². The van der Waals surface area contributed by atoms with Gasteiger partial charge in [0, 0.05) is 15.6 Å². The third-order valence-electron chi connectivity index (χ3n) is 2.53. The Labute approximate surface area is 122 Å². The van der Waals surface area contributed by atoms with Crippen LogP contribution in [0.15, 0.2) is 18.2 Å². The summed E-state index contributed by atoms with van der Waals surface area (Å²) >= 11 is 12.4. The highest BCUT2D eigenvalue weighted by Gasteiger charge is 2.41. The van der Waals surface area contributed by atoms with Gasteiger partial charge in [0.2, 0.25) is 5.91 Å². The van der Waals surface area contributed by atoms with Crippen molar-refractivity contribution in [3.8, 4) is 0 Å². The lowest BCUT2D eigenvalue weighted by Gasteiger charge is -2.22. The lowest BCUT2D eigenvalue weighted by Crippen LogP contribution is -2.37. The molecule has 1 saturated heterocycles. The van der Waals surface area contributed by atoms with Crippen LogP contribution in [0.25, 0.3) is 0 Å². The van der Waals surface area contributed by atoms with Gasteiger partial charge in [-0.1, -0.05) is 41.0 Å². The zero-order valence-electron chi connectivity index (χ0n) is 9.30. The van der Waals surface area contributed by atoms with E-state index < -0.39 is 23.2 Å². The molecule has 1 atom stereocenters. The topological polar surface area (TPSA) is 74.7 Å². The van der Waals surface area contributed by atoms with Crippen LogP contribution in [0.3, 0.4) is 0 Å². The molecule has 1 fully saturated rings. The molecule has 5 nitrogen and oxygen atoms in total. The van der Waals surface area contributed by atoms with Gasteiger partial charge in [-0.25, -0.2) is 4.79 Å². The van der Waals surface area contributed by atoms with Crippen LogP contribution in [-0.2, 0) is 9.59 Å². The lowest BCUT2D eigenvalue weighted by atomic mass is 10.1. The number of carboxylic acids is 1. The normalized spacial score (nSPS) is 16.8. The highest BCUT2D eigenvalue weighted by molar-refractivity contribution is 8.14. The highest BCUT2D eigenvalue weighted by atomic mass is 35.5. The lowest BCUT2D eigenvalue weighted by molar-refractivity contribution is -0.146. The summed E-state index contributed by atoms with van der Waals surface area (Å²) in [5, 5.41) is 9.11. The maximum Gasteiger partial charge on any atom is 0.331 e. The summed E-state index contributed by atoms with van der Waals surface area (Å²) in [6.07, 6.45) is 0. The largest absolute Gasteiger partial charge is 0.479 e. The van der Waals surface area contributed by atoms with Crippen LogP contribution in [0.2, 0.25) is 10.0 Å². The molecule has 2 amide bonds. The molecule has 1 aliphatic heterocycles. The summed E-state index contributed by atoms with van der Waals surface area (Å²) in [7, 11) is 0. The summed E-state index contributed by atoms with van der Waals surface area (Å²) < 4.78 is 0. The number of carbonyl (C=O) groups is 3. The van der Waals surface area contributed by atoms with Crippen molar-refractivity contribution in [2.75, 3.05) is 5.75 Å². The van der Waals surface area contributed by atoms with Gasteiger partial charge < -0.3 is 5.11 Å². The molecular weight excluding hydrogens is 313 g/mol. The molecule has 2 rings (SSSR count). The fourth-order valence-electron chi connectivity index (χ4n) is 1.72. The van der Waals surface area contributed by atoms with Crippen LogP contribution in [0.5, 0.6) is 0 Å². The Balaban J connectivity index is 2.49. The summed E-state index contributed by atoms with van der Waals surface area (Å²) in [4.78, 5) is 35.3. The van der Waals surface area contributed by atoms with Gasteiger partial charge in [-0.2, -0.15) is 0 Å². The van der Waals surface area contributed by atoms with E-state index in [1.165, 1.54) is 18.2 Å². The van der Waals surface area contributed by atoms with Crippen LogP contribution >= 0.6 is 35.0 Å². The third-order valence-corrected chi connectivity index (χ3v) is 3.93. The minimum atomic E-state index is -1.43. The van der Waals surface area contributed by atoms with E-state index >= 15 is 0 Å². The second kappa shape index (κ2) is 5.40. The van der Waals surface area contributed by atoms with Gasteiger partial charge in [-0.05, 0) is 12.1 Å².